The zero-order valence-corrected chi connectivity index (χ0v) is 5.95. The molecule has 7 heavy (non-hydrogen) atoms. The predicted molar refractivity (Wildman–Crippen MR) is 33.7 cm³/mol. The number of halogens is 1. The van der Waals surface area contributed by atoms with E-state index in [9.17, 15) is 0 Å². The molecule has 38 valence electrons. The van der Waals surface area contributed by atoms with Crippen LogP contribution in [-0.2, 0) is 7.05 Å². The third-order valence-corrected chi connectivity index (χ3v) is 1.07. The normalized spacial score (nSPS) is 9.43. The first-order valence-corrected chi connectivity index (χ1v) is 2.88. The highest BCUT2D eigenvalue weighted by Crippen LogP contribution is 1.89. The van der Waals surface area contributed by atoms with Gasteiger partial charge in [0.15, 0.2) is 0 Å². The van der Waals surface area contributed by atoms with Crippen molar-refractivity contribution in [1.29, 1.82) is 0 Å². The van der Waals surface area contributed by atoms with E-state index in [4.69, 9.17) is 0 Å². The molecule has 0 atom stereocenters. The quantitative estimate of drug-likeness (QED) is 0.579. The summed E-state index contributed by atoms with van der Waals surface area (Å²) in [7, 11) is 1.84. The largest absolute Gasteiger partial charge is 0.255 e. The van der Waals surface area contributed by atoms with E-state index in [-0.39, 0.29) is 0 Å². The van der Waals surface area contributed by atoms with Crippen LogP contribution >= 0.6 is 22.6 Å². The van der Waals surface area contributed by atoms with E-state index in [1.54, 1.807) is 11.0 Å². The summed E-state index contributed by atoms with van der Waals surface area (Å²) in [6, 6.07) is 0. The van der Waals surface area contributed by atoms with Crippen LogP contribution in [0.15, 0.2) is 6.33 Å². The first-order valence-electron chi connectivity index (χ1n) is 1.80. The van der Waals surface area contributed by atoms with E-state index in [2.05, 4.69) is 32.7 Å². The van der Waals surface area contributed by atoms with Gasteiger partial charge in [0.2, 0.25) is 3.83 Å². The lowest BCUT2D eigenvalue weighted by Gasteiger charge is -1.76. The van der Waals surface area contributed by atoms with Gasteiger partial charge in [-0.05, 0) is 0 Å². The summed E-state index contributed by atoms with van der Waals surface area (Å²) in [6.07, 6.45) is 1.67. The van der Waals surface area contributed by atoms with Gasteiger partial charge in [-0.3, -0.25) is 4.68 Å². The van der Waals surface area contributed by atoms with E-state index < -0.39 is 0 Å². The molecule has 0 fully saturated rings. The van der Waals surface area contributed by atoms with Gasteiger partial charge < -0.3 is 0 Å². The highest BCUT2D eigenvalue weighted by Gasteiger charge is 1.85. The van der Waals surface area contributed by atoms with Crippen molar-refractivity contribution in [3.63, 3.8) is 0 Å². The molecule has 0 bridgehead atoms. The number of hydrogen-bond donors (Lipinski definition) is 0. The van der Waals surface area contributed by atoms with E-state index in [1.165, 1.54) is 0 Å². The Bertz CT molecular complexity index is 142. The van der Waals surface area contributed by atoms with Crippen molar-refractivity contribution < 1.29 is 0 Å². The highest BCUT2D eigenvalue weighted by atomic mass is 127. The molecule has 0 aliphatic heterocycles. The number of aromatic nitrogens is 3. The van der Waals surface area contributed by atoms with E-state index in [0.29, 0.717) is 0 Å². The number of nitrogens with zero attached hydrogens (tertiary/aromatic N) is 3. The minimum atomic E-state index is 0.792. The standard InChI is InChI=1S/C3H4IN3/c1-7-2-5-3(4)6-7/h2H,1H3. The van der Waals surface area contributed by atoms with Gasteiger partial charge in [-0.25, -0.2) is 4.98 Å². The van der Waals surface area contributed by atoms with Gasteiger partial charge in [-0.15, -0.1) is 5.10 Å². The number of rotatable bonds is 0. The van der Waals surface area contributed by atoms with Gasteiger partial charge in [0.05, 0.1) is 0 Å². The predicted octanol–water partition coefficient (Wildman–Crippen LogP) is 0.420. The molecule has 0 radical (unpaired) electrons. The molecule has 1 aromatic rings. The third kappa shape index (κ3) is 1.12. The second-order valence-corrected chi connectivity index (χ2v) is 2.15. The second-order valence-electron chi connectivity index (χ2n) is 1.19. The Morgan fingerprint density at radius 3 is 2.71 bits per heavy atom. The van der Waals surface area contributed by atoms with Crippen molar-refractivity contribution in [2.24, 2.45) is 7.05 Å². The van der Waals surface area contributed by atoms with Crippen molar-refractivity contribution in [3.05, 3.63) is 10.2 Å². The van der Waals surface area contributed by atoms with Crippen molar-refractivity contribution in [2.75, 3.05) is 0 Å². The molecule has 3 nitrogen and oxygen atoms in total. The summed E-state index contributed by atoms with van der Waals surface area (Å²) in [6.45, 7) is 0. The van der Waals surface area contributed by atoms with Crippen molar-refractivity contribution in [2.45, 2.75) is 0 Å². The van der Waals surface area contributed by atoms with E-state index >= 15 is 0 Å². The van der Waals surface area contributed by atoms with E-state index in [0.717, 1.165) is 3.83 Å². The van der Waals surface area contributed by atoms with E-state index in [1.807, 2.05) is 7.05 Å². The molecule has 0 aromatic carbocycles. The zero-order valence-electron chi connectivity index (χ0n) is 3.80. The molecule has 0 N–H and O–H groups in total. The minimum absolute atomic E-state index is 0.792. The summed E-state index contributed by atoms with van der Waals surface area (Å²) < 4.78 is 2.46. The summed E-state index contributed by atoms with van der Waals surface area (Å²) in [5, 5.41) is 3.90. The van der Waals surface area contributed by atoms with Gasteiger partial charge in [0, 0.05) is 29.6 Å². The van der Waals surface area contributed by atoms with Gasteiger partial charge >= 0.3 is 0 Å². The summed E-state index contributed by atoms with van der Waals surface area (Å²) in [5.41, 5.74) is 0. The van der Waals surface area contributed by atoms with Crippen molar-refractivity contribution in [1.82, 2.24) is 14.8 Å². The smallest absolute Gasteiger partial charge is 0.211 e. The van der Waals surface area contributed by atoms with Crippen LogP contribution in [0, 0.1) is 3.83 Å². The van der Waals surface area contributed by atoms with Crippen molar-refractivity contribution in [3.8, 4) is 0 Å². The molecule has 0 unspecified atom stereocenters. The Hall–Kier alpha value is -0.130. The van der Waals surface area contributed by atoms with Crippen LogP contribution in [-0.4, -0.2) is 14.8 Å². The van der Waals surface area contributed by atoms with Crippen LogP contribution in [0.5, 0.6) is 0 Å². The lowest BCUT2D eigenvalue weighted by atomic mass is 11.2. The Labute approximate surface area is 54.9 Å². The third-order valence-electron chi connectivity index (χ3n) is 0.572. The lowest BCUT2D eigenvalue weighted by Crippen LogP contribution is -1.85. The van der Waals surface area contributed by atoms with Gasteiger partial charge in [0.1, 0.15) is 6.33 Å². The van der Waals surface area contributed by atoms with Crippen LogP contribution in [0.1, 0.15) is 0 Å². The van der Waals surface area contributed by atoms with Crippen LogP contribution in [0.25, 0.3) is 0 Å². The van der Waals surface area contributed by atoms with Crippen LogP contribution in [0.4, 0.5) is 0 Å². The molecule has 0 spiro atoms. The SMILES string of the molecule is Cn1cnc(I)n1. The summed E-state index contributed by atoms with van der Waals surface area (Å²) in [5.74, 6) is 0. The molecule has 0 amide bonds. The Morgan fingerprint density at radius 1 is 1.86 bits per heavy atom. The van der Waals surface area contributed by atoms with Gasteiger partial charge in [0.25, 0.3) is 0 Å². The number of hydrogen-bond acceptors (Lipinski definition) is 2. The molecule has 1 aromatic heterocycles. The first kappa shape index (κ1) is 5.02. The van der Waals surface area contributed by atoms with Gasteiger partial charge in [-0.2, -0.15) is 0 Å². The van der Waals surface area contributed by atoms with Crippen LogP contribution < -0.4 is 0 Å². The fourth-order valence-electron chi connectivity index (χ4n) is 0.313. The fourth-order valence-corrected chi connectivity index (χ4v) is 0.778. The maximum atomic E-state index is 3.90. The molecule has 1 heterocycles. The summed E-state index contributed by atoms with van der Waals surface area (Å²) in [4.78, 5) is 3.85. The zero-order chi connectivity index (χ0) is 5.28. The fraction of sp³-hybridized carbons (Fsp3) is 0.333. The Morgan fingerprint density at radius 2 is 2.57 bits per heavy atom. The summed E-state index contributed by atoms with van der Waals surface area (Å²) >= 11 is 2.06. The topological polar surface area (TPSA) is 30.7 Å². The molecule has 0 aliphatic carbocycles. The maximum Gasteiger partial charge on any atom is 0.211 e. The second kappa shape index (κ2) is 1.77. The van der Waals surface area contributed by atoms with Crippen LogP contribution in [0.3, 0.4) is 0 Å². The number of aryl methyl sites for hydroxylation is 1. The monoisotopic (exact) mass is 209 g/mol. The average Bonchev–Trinajstić information content (AvgIpc) is 1.87. The van der Waals surface area contributed by atoms with Crippen molar-refractivity contribution >= 4 is 22.6 Å². The average molecular weight is 209 g/mol. The molecular weight excluding hydrogens is 205 g/mol. The molecule has 1 rings (SSSR count). The molecule has 0 aliphatic rings. The molecule has 0 saturated heterocycles. The first-order chi connectivity index (χ1) is 3.29. The molecule has 0 saturated carbocycles. The lowest BCUT2D eigenvalue weighted by molar-refractivity contribution is 0.759. The van der Waals surface area contributed by atoms with Crippen LogP contribution in [0.2, 0.25) is 0 Å². The molecular formula is C3H4IN3. The maximum absolute atomic E-state index is 3.90. The molecule has 4 heteroatoms. The van der Waals surface area contributed by atoms with Gasteiger partial charge in [-0.1, -0.05) is 0 Å². The minimum Gasteiger partial charge on any atom is -0.255 e. The highest BCUT2D eigenvalue weighted by molar-refractivity contribution is 14.1. The Kier molecular flexibility index (Phi) is 1.27. The Balaban J connectivity index is 3.04.